The van der Waals surface area contributed by atoms with E-state index < -0.39 is 0 Å². The standard InChI is InChI=1S/C13H11ClN4O2/c1-19-8-4-3-5-9(20-2)12(8)13-16-15-11-7-6-10(14)17-18(11)13/h3-7H,1-2H3. The fourth-order valence-corrected chi connectivity index (χ4v) is 2.13. The summed E-state index contributed by atoms with van der Waals surface area (Å²) < 4.78 is 12.3. The normalized spacial score (nSPS) is 10.8. The van der Waals surface area contributed by atoms with E-state index in [1.807, 2.05) is 18.2 Å². The Labute approximate surface area is 119 Å². The van der Waals surface area contributed by atoms with Crippen LogP contribution < -0.4 is 9.47 Å². The molecule has 0 N–H and O–H groups in total. The smallest absolute Gasteiger partial charge is 0.192 e. The maximum absolute atomic E-state index is 5.93. The van der Waals surface area contributed by atoms with Crippen LogP contribution in [0.15, 0.2) is 30.3 Å². The number of aromatic nitrogens is 4. The Bertz CT molecular complexity index is 750. The highest BCUT2D eigenvalue weighted by Gasteiger charge is 2.19. The molecule has 0 bridgehead atoms. The summed E-state index contributed by atoms with van der Waals surface area (Å²) in [5.74, 6) is 1.76. The van der Waals surface area contributed by atoms with Crippen molar-refractivity contribution in [2.75, 3.05) is 14.2 Å². The summed E-state index contributed by atoms with van der Waals surface area (Å²) in [7, 11) is 3.17. The molecule has 20 heavy (non-hydrogen) atoms. The Kier molecular flexibility index (Phi) is 3.15. The van der Waals surface area contributed by atoms with E-state index in [4.69, 9.17) is 21.1 Å². The van der Waals surface area contributed by atoms with E-state index in [-0.39, 0.29) is 0 Å². The van der Waals surface area contributed by atoms with Crippen molar-refractivity contribution < 1.29 is 9.47 Å². The molecular weight excluding hydrogens is 280 g/mol. The van der Waals surface area contributed by atoms with Crippen molar-refractivity contribution in [1.29, 1.82) is 0 Å². The van der Waals surface area contributed by atoms with Gasteiger partial charge in [0.15, 0.2) is 11.5 Å². The van der Waals surface area contributed by atoms with Gasteiger partial charge in [0.1, 0.15) is 22.2 Å². The topological polar surface area (TPSA) is 61.5 Å². The van der Waals surface area contributed by atoms with Crippen LogP contribution in [0.1, 0.15) is 0 Å². The second-order valence-electron chi connectivity index (χ2n) is 3.99. The van der Waals surface area contributed by atoms with Crippen molar-refractivity contribution in [2.45, 2.75) is 0 Å². The van der Waals surface area contributed by atoms with Gasteiger partial charge in [0, 0.05) is 0 Å². The molecular formula is C13H11ClN4O2. The van der Waals surface area contributed by atoms with E-state index in [1.54, 1.807) is 30.9 Å². The predicted octanol–water partition coefficient (Wildman–Crippen LogP) is 2.46. The van der Waals surface area contributed by atoms with E-state index >= 15 is 0 Å². The molecule has 0 radical (unpaired) electrons. The molecule has 0 aliphatic heterocycles. The minimum Gasteiger partial charge on any atom is -0.496 e. The van der Waals surface area contributed by atoms with Crippen molar-refractivity contribution in [1.82, 2.24) is 19.8 Å². The zero-order valence-corrected chi connectivity index (χ0v) is 11.6. The summed E-state index contributed by atoms with van der Waals surface area (Å²) in [6.07, 6.45) is 0. The number of methoxy groups -OCH3 is 2. The van der Waals surface area contributed by atoms with E-state index in [2.05, 4.69) is 15.3 Å². The van der Waals surface area contributed by atoms with Gasteiger partial charge in [0.25, 0.3) is 0 Å². The van der Waals surface area contributed by atoms with Crippen LogP contribution in [0.5, 0.6) is 11.5 Å². The summed E-state index contributed by atoms with van der Waals surface area (Å²) in [6, 6.07) is 8.89. The van der Waals surface area contributed by atoms with Crippen LogP contribution >= 0.6 is 11.6 Å². The summed E-state index contributed by atoms with van der Waals surface area (Å²) in [6.45, 7) is 0. The van der Waals surface area contributed by atoms with Gasteiger partial charge in [-0.05, 0) is 24.3 Å². The van der Waals surface area contributed by atoms with Gasteiger partial charge in [-0.2, -0.15) is 9.61 Å². The third-order valence-corrected chi connectivity index (χ3v) is 3.08. The second kappa shape index (κ2) is 4.97. The first-order chi connectivity index (χ1) is 9.74. The van der Waals surface area contributed by atoms with Gasteiger partial charge in [-0.15, -0.1) is 10.2 Å². The van der Waals surface area contributed by atoms with Gasteiger partial charge in [0.2, 0.25) is 0 Å². The van der Waals surface area contributed by atoms with Crippen LogP contribution in [0, 0.1) is 0 Å². The van der Waals surface area contributed by atoms with Crippen molar-refractivity contribution in [3.63, 3.8) is 0 Å². The van der Waals surface area contributed by atoms with E-state index in [9.17, 15) is 0 Å². The molecule has 0 amide bonds. The van der Waals surface area contributed by atoms with E-state index in [0.29, 0.717) is 33.7 Å². The molecule has 2 heterocycles. The fourth-order valence-electron chi connectivity index (χ4n) is 1.99. The molecule has 1 aromatic carbocycles. The number of halogens is 1. The maximum atomic E-state index is 5.93. The Hall–Kier alpha value is -2.34. The van der Waals surface area contributed by atoms with Gasteiger partial charge in [0.05, 0.1) is 14.2 Å². The van der Waals surface area contributed by atoms with Crippen molar-refractivity contribution in [3.05, 3.63) is 35.5 Å². The van der Waals surface area contributed by atoms with E-state index in [1.165, 1.54) is 0 Å². The number of nitrogens with zero attached hydrogens (tertiary/aromatic N) is 4. The fraction of sp³-hybridized carbons (Fsp3) is 0.154. The average Bonchev–Trinajstić information content (AvgIpc) is 2.88. The lowest BCUT2D eigenvalue weighted by atomic mass is 10.1. The van der Waals surface area contributed by atoms with Crippen LogP contribution in [0.4, 0.5) is 0 Å². The largest absolute Gasteiger partial charge is 0.496 e. The number of fused-ring (bicyclic) bond motifs is 1. The molecule has 3 rings (SSSR count). The summed E-state index contributed by atoms with van der Waals surface area (Å²) in [4.78, 5) is 0. The summed E-state index contributed by atoms with van der Waals surface area (Å²) >= 11 is 5.93. The van der Waals surface area contributed by atoms with Gasteiger partial charge < -0.3 is 9.47 Å². The van der Waals surface area contributed by atoms with E-state index in [0.717, 1.165) is 0 Å². The third-order valence-electron chi connectivity index (χ3n) is 2.88. The van der Waals surface area contributed by atoms with Gasteiger partial charge in [-0.3, -0.25) is 0 Å². The molecule has 0 unspecified atom stereocenters. The minimum atomic E-state index is 0.354. The highest BCUT2D eigenvalue weighted by atomic mass is 35.5. The average molecular weight is 291 g/mol. The van der Waals surface area contributed by atoms with Crippen LogP contribution in [0.2, 0.25) is 5.15 Å². The SMILES string of the molecule is COc1cccc(OC)c1-c1nnc2ccc(Cl)nn12. The molecule has 0 saturated heterocycles. The van der Waals surface area contributed by atoms with Gasteiger partial charge in [-0.25, -0.2) is 0 Å². The number of hydrogen-bond donors (Lipinski definition) is 0. The first-order valence-electron chi connectivity index (χ1n) is 5.84. The zero-order valence-electron chi connectivity index (χ0n) is 10.9. The van der Waals surface area contributed by atoms with Crippen LogP contribution in [-0.4, -0.2) is 34.0 Å². The highest BCUT2D eigenvalue weighted by Crippen LogP contribution is 2.37. The molecule has 0 atom stereocenters. The Morgan fingerprint density at radius 3 is 2.35 bits per heavy atom. The first kappa shape index (κ1) is 12.7. The third kappa shape index (κ3) is 1.94. The lowest BCUT2D eigenvalue weighted by molar-refractivity contribution is 0.396. The second-order valence-corrected chi connectivity index (χ2v) is 4.37. The molecule has 3 aromatic rings. The quantitative estimate of drug-likeness (QED) is 0.741. The van der Waals surface area contributed by atoms with Crippen molar-refractivity contribution in [2.24, 2.45) is 0 Å². The number of rotatable bonds is 3. The molecule has 2 aromatic heterocycles. The molecule has 0 aliphatic carbocycles. The zero-order chi connectivity index (χ0) is 14.1. The molecule has 0 saturated carbocycles. The first-order valence-corrected chi connectivity index (χ1v) is 6.21. The van der Waals surface area contributed by atoms with Gasteiger partial charge in [-0.1, -0.05) is 17.7 Å². The van der Waals surface area contributed by atoms with Crippen LogP contribution in [-0.2, 0) is 0 Å². The molecule has 7 heteroatoms. The Morgan fingerprint density at radius 1 is 1.00 bits per heavy atom. The lowest BCUT2D eigenvalue weighted by Crippen LogP contribution is -1.99. The molecule has 0 aliphatic rings. The van der Waals surface area contributed by atoms with Crippen LogP contribution in [0.3, 0.4) is 0 Å². The predicted molar refractivity (Wildman–Crippen MR) is 74.3 cm³/mol. The molecule has 0 spiro atoms. The molecule has 102 valence electrons. The Morgan fingerprint density at radius 2 is 1.70 bits per heavy atom. The summed E-state index contributed by atoms with van der Waals surface area (Å²) in [5.41, 5.74) is 1.28. The number of ether oxygens (including phenoxy) is 2. The Balaban J connectivity index is 2.33. The number of hydrogen-bond acceptors (Lipinski definition) is 5. The van der Waals surface area contributed by atoms with Gasteiger partial charge >= 0.3 is 0 Å². The van der Waals surface area contributed by atoms with Crippen molar-refractivity contribution >= 4 is 17.2 Å². The number of benzene rings is 1. The molecule has 6 nitrogen and oxygen atoms in total. The summed E-state index contributed by atoms with van der Waals surface area (Å²) in [5, 5.41) is 12.8. The minimum absolute atomic E-state index is 0.354. The van der Waals surface area contributed by atoms with Crippen LogP contribution in [0.25, 0.3) is 17.0 Å². The lowest BCUT2D eigenvalue weighted by Gasteiger charge is -2.11. The monoisotopic (exact) mass is 290 g/mol. The highest BCUT2D eigenvalue weighted by molar-refractivity contribution is 6.29. The van der Waals surface area contributed by atoms with Crippen molar-refractivity contribution in [3.8, 4) is 22.9 Å². The molecule has 0 fully saturated rings. The maximum Gasteiger partial charge on any atom is 0.192 e.